The highest BCUT2D eigenvalue weighted by Gasteiger charge is 2.45. The van der Waals surface area contributed by atoms with E-state index >= 15 is 4.79 Å². The summed E-state index contributed by atoms with van der Waals surface area (Å²) in [4.78, 5) is 81.0. The van der Waals surface area contributed by atoms with Crippen LogP contribution in [0.4, 0.5) is 0 Å². The van der Waals surface area contributed by atoms with E-state index in [0.717, 1.165) is 39.0 Å². The van der Waals surface area contributed by atoms with E-state index in [1.54, 1.807) is 50.4 Å². The minimum atomic E-state index is -1.65. The lowest BCUT2D eigenvalue weighted by Gasteiger charge is -2.41. The molecule has 7 rings (SSSR count). The molecule has 3 N–H and O–H groups in total. The molecule has 2 aromatic carbocycles. The van der Waals surface area contributed by atoms with Gasteiger partial charge in [0.1, 0.15) is 23.4 Å². The van der Waals surface area contributed by atoms with Crippen molar-refractivity contribution < 1.29 is 38.6 Å². The second-order valence-corrected chi connectivity index (χ2v) is 21.3. The van der Waals surface area contributed by atoms with Crippen LogP contribution < -0.4 is 10.7 Å². The maximum atomic E-state index is 15.1. The number of nitrogens with one attached hydrogen (secondary N) is 2. The molecule has 3 aliphatic heterocycles. The number of aryl methyl sites for hydroxylation is 1. The molecule has 6 bridgehead atoms. The van der Waals surface area contributed by atoms with Crippen LogP contribution >= 0.6 is 0 Å². The second-order valence-electron chi connectivity index (χ2n) is 21.3. The van der Waals surface area contributed by atoms with Gasteiger partial charge in [-0.1, -0.05) is 45.9 Å². The van der Waals surface area contributed by atoms with E-state index in [2.05, 4.69) is 54.3 Å². The van der Waals surface area contributed by atoms with E-state index in [9.17, 15) is 24.3 Å². The highest BCUT2D eigenvalue weighted by molar-refractivity contribution is 5.97. The minimum absolute atomic E-state index is 0.0172. The minimum Gasteiger partial charge on any atom is -0.508 e. The van der Waals surface area contributed by atoms with Gasteiger partial charge >= 0.3 is 5.97 Å². The standard InChI is InChI=1S/C55H74N8O8/c1-12-62-45-20-19-37-29-42(45)43(49(62)41-16-13-22-56-47(41)35(4)70-11)31-54(5,6)33-71-52(68)44-17-14-24-63(58-44)53(69)55(7,30-36-26-39(37)28-40(64)27-36)57-50(66)48(34(2)3)60(10)51(67)38-21-25-61(32-38)46(65)18-15-23-59(8)9/h13,15-16,18-20,22,26-29,34-35,38,44,48,58,64H,12,14,17,21,23-25,30-33H2,1-11H3,(H,57,66)/b18-15+/t35-,38-,44-,48-,55?/m0/s1. The molecular weight excluding hydrogens is 901 g/mol. The highest BCUT2D eigenvalue weighted by atomic mass is 16.5. The summed E-state index contributed by atoms with van der Waals surface area (Å²) in [6, 6.07) is 13.7. The lowest BCUT2D eigenvalue weighted by molar-refractivity contribution is -0.157. The molecule has 2 fully saturated rings. The smallest absolute Gasteiger partial charge is 0.324 e. The van der Waals surface area contributed by atoms with Crippen molar-refractivity contribution in [1.29, 1.82) is 0 Å². The Hall–Kier alpha value is -6.10. The van der Waals surface area contributed by atoms with Gasteiger partial charge in [-0.15, -0.1) is 0 Å². The molecule has 0 radical (unpaired) electrons. The molecule has 1 unspecified atom stereocenters. The number of benzene rings is 2. The van der Waals surface area contributed by atoms with Crippen molar-refractivity contribution in [3.63, 3.8) is 0 Å². The normalized spacial score (nSPS) is 21.6. The van der Waals surface area contributed by atoms with Gasteiger partial charge in [0.05, 0.1) is 30.0 Å². The van der Waals surface area contributed by atoms with Crippen LogP contribution in [0.3, 0.4) is 0 Å². The van der Waals surface area contributed by atoms with Crippen LogP contribution in [0.25, 0.3) is 33.3 Å². The van der Waals surface area contributed by atoms with Gasteiger partial charge in [0.2, 0.25) is 17.7 Å². The van der Waals surface area contributed by atoms with Crippen molar-refractivity contribution in [2.24, 2.45) is 17.3 Å². The zero-order valence-corrected chi connectivity index (χ0v) is 43.5. The summed E-state index contributed by atoms with van der Waals surface area (Å²) in [6.07, 6.45) is 6.69. The number of nitrogens with zero attached hydrogens (tertiary/aromatic N) is 6. The molecule has 4 amide bonds. The van der Waals surface area contributed by atoms with Crippen LogP contribution in [0.2, 0.25) is 0 Å². The maximum absolute atomic E-state index is 15.1. The highest BCUT2D eigenvalue weighted by Crippen LogP contribution is 2.42. The average Bonchev–Trinajstić information content (AvgIpc) is 3.94. The van der Waals surface area contributed by atoms with Crippen molar-refractivity contribution in [1.82, 2.24) is 40.0 Å². The topological polar surface area (TPSA) is 179 Å². The fourth-order valence-electron chi connectivity index (χ4n) is 10.6. The summed E-state index contributed by atoms with van der Waals surface area (Å²) in [5.41, 5.74) is 7.88. The summed E-state index contributed by atoms with van der Waals surface area (Å²) >= 11 is 0. The number of esters is 1. The van der Waals surface area contributed by atoms with E-state index in [-0.39, 0.29) is 55.7 Å². The first-order valence-electron chi connectivity index (χ1n) is 25.0. The molecule has 3 aliphatic rings. The number of likely N-dealkylation sites (tertiary alicyclic amines) is 1. The fraction of sp³-hybridized carbons (Fsp3) is 0.527. The summed E-state index contributed by atoms with van der Waals surface area (Å²) in [6.45, 7) is 15.9. The van der Waals surface area contributed by atoms with Crippen molar-refractivity contribution in [2.75, 3.05) is 61.0 Å². The first kappa shape index (κ1) is 52.7. The van der Waals surface area contributed by atoms with Crippen molar-refractivity contribution in [2.45, 2.75) is 111 Å². The van der Waals surface area contributed by atoms with E-state index in [1.165, 1.54) is 16.0 Å². The van der Waals surface area contributed by atoms with E-state index < -0.39 is 46.7 Å². The molecule has 5 atom stereocenters. The number of hydrogen-bond donors (Lipinski definition) is 3. The number of cyclic esters (lactones) is 1. The Morgan fingerprint density at radius 3 is 2.48 bits per heavy atom. The van der Waals surface area contributed by atoms with E-state index in [4.69, 9.17) is 14.5 Å². The van der Waals surface area contributed by atoms with Gasteiger partial charge in [-0.3, -0.25) is 34.0 Å². The summed E-state index contributed by atoms with van der Waals surface area (Å²) < 4.78 is 14.3. The Morgan fingerprint density at radius 2 is 1.77 bits per heavy atom. The maximum Gasteiger partial charge on any atom is 0.324 e. The number of carbonyl (C=O) groups excluding carboxylic acids is 5. The van der Waals surface area contributed by atoms with Crippen molar-refractivity contribution in [3.05, 3.63) is 83.7 Å². The van der Waals surface area contributed by atoms with Gasteiger partial charge < -0.3 is 39.2 Å². The molecule has 0 aliphatic carbocycles. The number of likely N-dealkylation sites (N-methyl/N-ethyl adjacent to an activating group) is 2. The molecule has 5 heterocycles. The molecule has 16 nitrogen and oxygen atoms in total. The van der Waals surface area contributed by atoms with Crippen LogP contribution in [0.1, 0.15) is 90.7 Å². The van der Waals surface area contributed by atoms with Gasteiger partial charge in [-0.2, -0.15) is 0 Å². The average molecular weight is 975 g/mol. The van der Waals surface area contributed by atoms with Gasteiger partial charge in [-0.05, 0) is 125 Å². The lowest BCUT2D eigenvalue weighted by atomic mass is 9.84. The van der Waals surface area contributed by atoms with Gasteiger partial charge in [0.15, 0.2) is 0 Å². The quantitative estimate of drug-likeness (QED) is 0.107. The van der Waals surface area contributed by atoms with E-state index in [0.29, 0.717) is 56.4 Å². The number of phenols is 1. The molecule has 16 heteroatoms. The Bertz CT molecular complexity index is 2670. The number of aromatic hydroxyl groups is 1. The van der Waals surface area contributed by atoms with Gasteiger partial charge in [0, 0.05) is 87.5 Å². The number of hydrazine groups is 1. The molecular formula is C55H74N8O8. The number of phenolic OH excluding ortho intramolecular Hbond substituents is 1. The van der Waals surface area contributed by atoms with Gasteiger partial charge in [-0.25, -0.2) is 5.43 Å². The SMILES string of the molecule is CCn1c(-c2cccnc2[C@H](C)OC)c2c3cc(ccc31)-c1cc(O)cc(c1)CC(C)(NC(=O)[C@H](C(C)C)N(C)C(=O)[C@H]1CCN(C(=O)/C=C/CN(C)C)C1)C(=O)N1CCC[C@H](N1)C(=O)OCC(C)(C)C2. The van der Waals surface area contributed by atoms with Crippen LogP contribution in [-0.4, -0.2) is 143 Å². The predicted octanol–water partition coefficient (Wildman–Crippen LogP) is 6.29. The van der Waals surface area contributed by atoms with Crippen LogP contribution in [0.5, 0.6) is 5.75 Å². The van der Waals surface area contributed by atoms with Gasteiger partial charge in [0.25, 0.3) is 5.91 Å². The number of amides is 4. The molecule has 0 saturated carbocycles. The first-order valence-corrected chi connectivity index (χ1v) is 25.0. The zero-order valence-electron chi connectivity index (χ0n) is 43.5. The third kappa shape index (κ3) is 11.5. The molecule has 71 heavy (non-hydrogen) atoms. The number of carbonyl (C=O) groups is 5. The Balaban J connectivity index is 1.28. The number of aromatic nitrogens is 2. The largest absolute Gasteiger partial charge is 0.508 e. The lowest BCUT2D eigenvalue weighted by Crippen LogP contribution is -2.67. The third-order valence-corrected chi connectivity index (χ3v) is 14.3. The zero-order chi connectivity index (χ0) is 51.5. The Morgan fingerprint density at radius 1 is 1.01 bits per heavy atom. The summed E-state index contributed by atoms with van der Waals surface area (Å²) in [5.74, 6) is -2.83. The van der Waals surface area contributed by atoms with Crippen LogP contribution in [-0.2, 0) is 52.8 Å². The Kier molecular flexibility index (Phi) is 16.1. The molecule has 4 aromatic rings. The monoisotopic (exact) mass is 975 g/mol. The van der Waals surface area contributed by atoms with E-state index in [1.807, 2.05) is 58.0 Å². The summed E-state index contributed by atoms with van der Waals surface area (Å²) in [5, 5.41) is 16.9. The molecule has 2 aromatic heterocycles. The van der Waals surface area contributed by atoms with Crippen molar-refractivity contribution >= 4 is 40.5 Å². The second kappa shape index (κ2) is 21.7. The number of hydrogen-bond acceptors (Lipinski definition) is 11. The molecule has 0 spiro atoms. The summed E-state index contributed by atoms with van der Waals surface area (Å²) in [7, 11) is 7.11. The molecule has 2 saturated heterocycles. The number of ether oxygens (including phenoxy) is 2. The number of fused-ring (bicyclic) bond motifs is 6. The number of methoxy groups -OCH3 is 1. The predicted molar refractivity (Wildman–Crippen MR) is 274 cm³/mol. The fourth-order valence-corrected chi connectivity index (χ4v) is 10.6. The van der Waals surface area contributed by atoms with Crippen LogP contribution in [0.15, 0.2) is 66.9 Å². The van der Waals surface area contributed by atoms with Crippen LogP contribution in [0, 0.1) is 17.3 Å². The third-order valence-electron chi connectivity index (χ3n) is 14.3. The first-order chi connectivity index (χ1) is 33.6. The van der Waals surface area contributed by atoms with Crippen molar-refractivity contribution in [3.8, 4) is 28.1 Å². The number of pyridine rings is 1. The Labute approximate surface area is 418 Å². The molecule has 382 valence electrons. The number of rotatable bonds is 12.